The zero-order valence-corrected chi connectivity index (χ0v) is 15.5. The lowest BCUT2D eigenvalue weighted by atomic mass is 10.0. The first-order valence-electron chi connectivity index (χ1n) is 8.63. The molecule has 0 bridgehead atoms. The van der Waals surface area contributed by atoms with E-state index in [9.17, 15) is 14.4 Å². The van der Waals surface area contributed by atoms with Crippen molar-refractivity contribution in [3.05, 3.63) is 65.7 Å². The molecule has 0 fully saturated rings. The second-order valence-electron chi connectivity index (χ2n) is 6.40. The second-order valence-corrected chi connectivity index (χ2v) is 6.40. The summed E-state index contributed by atoms with van der Waals surface area (Å²) in [6.45, 7) is 1.76. The molecule has 0 saturated heterocycles. The van der Waals surface area contributed by atoms with Crippen molar-refractivity contribution in [2.75, 3.05) is 0 Å². The highest BCUT2D eigenvalue weighted by Crippen LogP contribution is 2.26. The SMILES string of the molecule is Cc1occc1-c1nn(C)cc1C(=O)NC(Cc1ccccc1)C(=O)C(N)=O. The third-order valence-electron chi connectivity index (χ3n) is 4.33. The lowest BCUT2D eigenvalue weighted by molar-refractivity contribution is -0.137. The number of nitrogens with one attached hydrogen (secondary N) is 1. The van der Waals surface area contributed by atoms with Crippen molar-refractivity contribution in [1.29, 1.82) is 0 Å². The summed E-state index contributed by atoms with van der Waals surface area (Å²) in [5.74, 6) is -1.87. The average molecular weight is 380 g/mol. The van der Waals surface area contributed by atoms with Crippen molar-refractivity contribution < 1.29 is 18.8 Å². The quantitative estimate of drug-likeness (QED) is 0.600. The van der Waals surface area contributed by atoms with Gasteiger partial charge in [-0.3, -0.25) is 19.1 Å². The molecule has 2 heterocycles. The average Bonchev–Trinajstić information content (AvgIpc) is 3.26. The Morgan fingerprint density at radius 1 is 1.21 bits per heavy atom. The van der Waals surface area contributed by atoms with Crippen LogP contribution in [0.2, 0.25) is 0 Å². The molecule has 0 spiro atoms. The summed E-state index contributed by atoms with van der Waals surface area (Å²) >= 11 is 0. The first-order valence-corrected chi connectivity index (χ1v) is 8.63. The molecule has 0 aliphatic carbocycles. The Morgan fingerprint density at radius 3 is 2.54 bits per heavy atom. The molecule has 0 aliphatic heterocycles. The number of ketones is 1. The van der Waals surface area contributed by atoms with E-state index in [1.54, 1.807) is 38.4 Å². The molecule has 3 aromatic rings. The summed E-state index contributed by atoms with van der Waals surface area (Å²) in [5, 5.41) is 6.95. The van der Waals surface area contributed by atoms with Crippen LogP contribution in [0, 0.1) is 6.92 Å². The van der Waals surface area contributed by atoms with Crippen LogP contribution in [0.25, 0.3) is 11.3 Å². The number of rotatable bonds is 7. The maximum absolute atomic E-state index is 12.9. The lowest BCUT2D eigenvalue weighted by Crippen LogP contribution is -2.47. The van der Waals surface area contributed by atoms with Gasteiger partial charge in [0.15, 0.2) is 0 Å². The van der Waals surface area contributed by atoms with Crippen LogP contribution in [0.1, 0.15) is 21.7 Å². The predicted octanol–water partition coefficient (Wildman–Crippen LogP) is 1.38. The van der Waals surface area contributed by atoms with Crippen LogP contribution in [0.15, 0.2) is 53.3 Å². The summed E-state index contributed by atoms with van der Waals surface area (Å²) in [5.41, 5.74) is 7.32. The van der Waals surface area contributed by atoms with Gasteiger partial charge in [-0.25, -0.2) is 0 Å². The van der Waals surface area contributed by atoms with Crippen LogP contribution in [-0.2, 0) is 23.1 Å². The van der Waals surface area contributed by atoms with Crippen molar-refractivity contribution in [2.24, 2.45) is 12.8 Å². The summed E-state index contributed by atoms with van der Waals surface area (Å²) in [4.78, 5) is 36.6. The van der Waals surface area contributed by atoms with E-state index in [0.717, 1.165) is 5.56 Å². The number of aromatic nitrogens is 2. The Balaban J connectivity index is 1.89. The molecule has 8 heteroatoms. The van der Waals surface area contributed by atoms with Gasteiger partial charge in [0.1, 0.15) is 17.5 Å². The Labute approximate surface area is 161 Å². The van der Waals surface area contributed by atoms with E-state index in [1.807, 2.05) is 18.2 Å². The molecule has 1 atom stereocenters. The molecule has 28 heavy (non-hydrogen) atoms. The fourth-order valence-electron chi connectivity index (χ4n) is 2.95. The number of primary amides is 1. The van der Waals surface area contributed by atoms with Crippen LogP contribution >= 0.6 is 0 Å². The van der Waals surface area contributed by atoms with Gasteiger partial charge in [-0.1, -0.05) is 30.3 Å². The van der Waals surface area contributed by atoms with Gasteiger partial charge in [-0.2, -0.15) is 5.10 Å². The number of carbonyl (C=O) groups is 3. The van der Waals surface area contributed by atoms with Crippen LogP contribution in [0.4, 0.5) is 0 Å². The zero-order valence-electron chi connectivity index (χ0n) is 15.5. The van der Waals surface area contributed by atoms with Crippen LogP contribution in [0.5, 0.6) is 0 Å². The first-order chi connectivity index (χ1) is 13.4. The molecule has 144 valence electrons. The summed E-state index contributed by atoms with van der Waals surface area (Å²) < 4.78 is 6.80. The minimum Gasteiger partial charge on any atom is -0.469 e. The fraction of sp³-hybridized carbons (Fsp3) is 0.200. The molecule has 0 saturated carbocycles. The summed E-state index contributed by atoms with van der Waals surface area (Å²) in [7, 11) is 1.69. The van der Waals surface area contributed by atoms with Crippen LogP contribution in [0.3, 0.4) is 0 Å². The molecule has 1 aromatic carbocycles. The number of amides is 2. The van der Waals surface area contributed by atoms with Crippen molar-refractivity contribution in [3.63, 3.8) is 0 Å². The van der Waals surface area contributed by atoms with Gasteiger partial charge in [-0.05, 0) is 18.6 Å². The number of hydrogen-bond acceptors (Lipinski definition) is 5. The number of Topliss-reactive ketones (excluding diaryl/α,β-unsaturated/α-hetero) is 1. The molecular weight excluding hydrogens is 360 g/mol. The van der Waals surface area contributed by atoms with E-state index in [2.05, 4.69) is 10.4 Å². The topological polar surface area (TPSA) is 120 Å². The Kier molecular flexibility index (Phi) is 5.39. The van der Waals surface area contributed by atoms with Crippen molar-refractivity contribution in [3.8, 4) is 11.3 Å². The third-order valence-corrected chi connectivity index (χ3v) is 4.33. The molecule has 0 radical (unpaired) electrons. The molecular formula is C20H20N4O4. The van der Waals surface area contributed by atoms with Gasteiger partial charge < -0.3 is 15.5 Å². The predicted molar refractivity (Wildman–Crippen MR) is 101 cm³/mol. The van der Waals surface area contributed by atoms with Gasteiger partial charge in [0.05, 0.1) is 11.8 Å². The number of carbonyl (C=O) groups excluding carboxylic acids is 3. The largest absolute Gasteiger partial charge is 0.469 e. The summed E-state index contributed by atoms with van der Waals surface area (Å²) in [6.07, 6.45) is 3.20. The van der Waals surface area contributed by atoms with Gasteiger partial charge in [-0.15, -0.1) is 0 Å². The van der Waals surface area contributed by atoms with E-state index in [-0.39, 0.29) is 12.0 Å². The first kappa shape index (κ1) is 19.1. The monoisotopic (exact) mass is 380 g/mol. The smallest absolute Gasteiger partial charge is 0.287 e. The minimum atomic E-state index is -1.10. The number of benzene rings is 1. The minimum absolute atomic E-state index is 0.148. The molecule has 8 nitrogen and oxygen atoms in total. The molecule has 1 unspecified atom stereocenters. The number of aryl methyl sites for hydroxylation is 2. The maximum atomic E-state index is 12.9. The fourth-order valence-corrected chi connectivity index (χ4v) is 2.95. The van der Waals surface area contributed by atoms with E-state index in [1.165, 1.54) is 10.9 Å². The van der Waals surface area contributed by atoms with Crippen LogP contribution in [-0.4, -0.2) is 33.4 Å². The lowest BCUT2D eigenvalue weighted by Gasteiger charge is -2.16. The van der Waals surface area contributed by atoms with Gasteiger partial charge in [0.2, 0.25) is 5.78 Å². The van der Waals surface area contributed by atoms with E-state index in [0.29, 0.717) is 17.0 Å². The molecule has 2 aromatic heterocycles. The summed E-state index contributed by atoms with van der Waals surface area (Å²) in [6, 6.07) is 9.70. The molecule has 0 aliphatic rings. The highest BCUT2D eigenvalue weighted by molar-refractivity contribution is 6.38. The highest BCUT2D eigenvalue weighted by Gasteiger charge is 2.28. The van der Waals surface area contributed by atoms with Crippen LogP contribution < -0.4 is 11.1 Å². The van der Waals surface area contributed by atoms with E-state index < -0.39 is 23.6 Å². The van der Waals surface area contributed by atoms with Crippen molar-refractivity contribution in [2.45, 2.75) is 19.4 Å². The Hall–Kier alpha value is -3.68. The molecule has 3 N–H and O–H groups in total. The molecule has 3 rings (SSSR count). The number of furan rings is 1. The van der Waals surface area contributed by atoms with Gasteiger partial charge in [0.25, 0.3) is 11.8 Å². The van der Waals surface area contributed by atoms with Gasteiger partial charge >= 0.3 is 0 Å². The normalized spacial score (nSPS) is 11.8. The van der Waals surface area contributed by atoms with Crippen molar-refractivity contribution in [1.82, 2.24) is 15.1 Å². The number of nitrogens with two attached hydrogens (primary N) is 1. The van der Waals surface area contributed by atoms with E-state index in [4.69, 9.17) is 10.2 Å². The number of hydrogen-bond donors (Lipinski definition) is 2. The standard InChI is InChI=1S/C20H20N4O4/c1-12-14(8-9-28-12)17-15(11-24(2)23-17)20(27)22-16(18(25)19(21)26)10-13-6-4-3-5-7-13/h3-9,11,16H,10H2,1-2H3,(H2,21,26)(H,22,27). The Bertz CT molecular complexity index is 1020. The Morgan fingerprint density at radius 2 is 1.93 bits per heavy atom. The third kappa shape index (κ3) is 4.01. The maximum Gasteiger partial charge on any atom is 0.287 e. The second kappa shape index (κ2) is 7.91. The number of nitrogens with zero attached hydrogens (tertiary/aromatic N) is 2. The highest BCUT2D eigenvalue weighted by atomic mass is 16.3. The van der Waals surface area contributed by atoms with Crippen molar-refractivity contribution >= 4 is 17.6 Å². The molecule has 2 amide bonds. The zero-order chi connectivity index (χ0) is 20.3. The van der Waals surface area contributed by atoms with E-state index >= 15 is 0 Å². The van der Waals surface area contributed by atoms with Gasteiger partial charge in [0, 0.05) is 25.2 Å².